The van der Waals surface area contributed by atoms with Gasteiger partial charge in [0.1, 0.15) is 17.7 Å². The molecule has 34 heavy (non-hydrogen) atoms. The molecule has 8 nitrogen and oxygen atoms in total. The Morgan fingerprint density at radius 1 is 1.24 bits per heavy atom. The molecule has 3 heterocycles. The highest BCUT2D eigenvalue weighted by molar-refractivity contribution is 5.93. The Bertz CT molecular complexity index is 1470. The van der Waals surface area contributed by atoms with Gasteiger partial charge >= 0.3 is 0 Å². The average Bonchev–Trinajstić information content (AvgIpc) is 3.38. The van der Waals surface area contributed by atoms with Crippen molar-refractivity contribution in [2.45, 2.75) is 18.9 Å². The predicted molar refractivity (Wildman–Crippen MR) is 121 cm³/mol. The number of rotatable bonds is 3. The SMILES string of the molecule is Cn1ncc2cc(-n3c(-c4ccc(C#N)c(F)c4)nc(C(=O)N4CCC[C@@H](N)C4)c3F)ccc21. The largest absolute Gasteiger partial charge is 0.336 e. The van der Waals surface area contributed by atoms with Crippen LogP contribution in [0.5, 0.6) is 0 Å². The van der Waals surface area contributed by atoms with Crippen molar-refractivity contribution in [1.29, 1.82) is 5.26 Å². The number of hydrogen-bond donors (Lipinski definition) is 1. The monoisotopic (exact) mass is 461 g/mol. The van der Waals surface area contributed by atoms with Gasteiger partial charge in [-0.3, -0.25) is 14.0 Å². The second kappa shape index (κ2) is 8.35. The zero-order chi connectivity index (χ0) is 24.0. The van der Waals surface area contributed by atoms with Crippen molar-refractivity contribution in [1.82, 2.24) is 24.2 Å². The van der Waals surface area contributed by atoms with Crippen LogP contribution in [0.25, 0.3) is 28.0 Å². The lowest BCUT2D eigenvalue weighted by molar-refractivity contribution is 0.0698. The van der Waals surface area contributed by atoms with Gasteiger partial charge in [0.2, 0.25) is 5.95 Å². The van der Waals surface area contributed by atoms with Gasteiger partial charge in [0.15, 0.2) is 5.69 Å². The van der Waals surface area contributed by atoms with Crippen LogP contribution in [0.4, 0.5) is 8.78 Å². The number of fused-ring (bicyclic) bond motifs is 1. The third kappa shape index (κ3) is 3.60. The number of piperidine rings is 1. The Hall–Kier alpha value is -4.10. The van der Waals surface area contributed by atoms with E-state index >= 15 is 4.39 Å². The third-order valence-electron chi connectivity index (χ3n) is 6.10. The highest BCUT2D eigenvalue weighted by Crippen LogP contribution is 2.30. The van der Waals surface area contributed by atoms with E-state index < -0.39 is 17.7 Å². The fraction of sp³-hybridized carbons (Fsp3) is 0.250. The lowest BCUT2D eigenvalue weighted by atomic mass is 10.1. The van der Waals surface area contributed by atoms with Gasteiger partial charge in [-0.1, -0.05) is 0 Å². The molecule has 172 valence electrons. The van der Waals surface area contributed by atoms with Gasteiger partial charge in [-0.05, 0) is 49.2 Å². The van der Waals surface area contributed by atoms with Crippen LogP contribution in [0.15, 0.2) is 42.6 Å². The molecule has 2 N–H and O–H groups in total. The molecular formula is C24H21F2N7O. The zero-order valence-corrected chi connectivity index (χ0v) is 18.4. The number of imidazole rings is 1. The van der Waals surface area contributed by atoms with Gasteiger partial charge in [-0.25, -0.2) is 9.37 Å². The Kier molecular flexibility index (Phi) is 5.34. The summed E-state index contributed by atoms with van der Waals surface area (Å²) >= 11 is 0. The van der Waals surface area contributed by atoms with E-state index in [4.69, 9.17) is 11.0 Å². The van der Waals surface area contributed by atoms with Crippen molar-refractivity contribution in [2.75, 3.05) is 13.1 Å². The molecule has 1 atom stereocenters. The van der Waals surface area contributed by atoms with Crippen LogP contribution in [0, 0.1) is 23.1 Å². The van der Waals surface area contributed by atoms with Crippen molar-refractivity contribution in [3.63, 3.8) is 0 Å². The molecule has 5 rings (SSSR count). The molecule has 0 bridgehead atoms. The van der Waals surface area contributed by atoms with Gasteiger partial charge in [-0.15, -0.1) is 0 Å². The van der Waals surface area contributed by atoms with Crippen LogP contribution >= 0.6 is 0 Å². The number of nitriles is 1. The maximum atomic E-state index is 15.9. The molecule has 10 heteroatoms. The smallest absolute Gasteiger partial charge is 0.277 e. The Labute approximate surface area is 193 Å². The first-order chi connectivity index (χ1) is 16.4. The quantitative estimate of drug-likeness (QED) is 0.505. The molecule has 0 spiro atoms. The molecule has 1 aliphatic heterocycles. The Balaban J connectivity index is 1.68. The van der Waals surface area contributed by atoms with Gasteiger partial charge in [0.05, 0.1) is 23.0 Å². The second-order valence-electron chi connectivity index (χ2n) is 8.38. The van der Waals surface area contributed by atoms with Crippen LogP contribution in [-0.2, 0) is 7.05 Å². The number of aromatic nitrogens is 4. The predicted octanol–water partition coefficient (Wildman–Crippen LogP) is 3.14. The number of carbonyl (C=O) groups is 1. The average molecular weight is 461 g/mol. The highest BCUT2D eigenvalue weighted by Gasteiger charge is 2.30. The lowest BCUT2D eigenvalue weighted by Crippen LogP contribution is -2.46. The Morgan fingerprint density at radius 2 is 2.06 bits per heavy atom. The molecule has 1 aliphatic rings. The number of halogens is 2. The molecule has 0 saturated carbocycles. The van der Waals surface area contributed by atoms with Crippen molar-refractivity contribution in [3.05, 3.63) is 65.6 Å². The van der Waals surface area contributed by atoms with Gasteiger partial charge in [0.25, 0.3) is 5.91 Å². The molecule has 4 aromatic rings. The summed E-state index contributed by atoms with van der Waals surface area (Å²) in [6.45, 7) is 0.773. The number of benzene rings is 2. The van der Waals surface area contributed by atoms with Crippen LogP contribution in [0.1, 0.15) is 28.9 Å². The summed E-state index contributed by atoms with van der Waals surface area (Å²) in [7, 11) is 1.80. The van der Waals surface area contributed by atoms with E-state index in [1.54, 1.807) is 42.2 Å². The third-order valence-corrected chi connectivity index (χ3v) is 6.10. The van der Waals surface area contributed by atoms with E-state index in [-0.39, 0.29) is 28.7 Å². The normalized spacial score (nSPS) is 16.1. The summed E-state index contributed by atoms with van der Waals surface area (Å²) in [5, 5.41) is 14.0. The molecule has 1 fully saturated rings. The van der Waals surface area contributed by atoms with E-state index in [9.17, 15) is 9.18 Å². The van der Waals surface area contributed by atoms with E-state index in [1.807, 2.05) is 0 Å². The first-order valence-corrected chi connectivity index (χ1v) is 10.8. The van der Waals surface area contributed by atoms with Crippen LogP contribution in [0.3, 0.4) is 0 Å². The number of carbonyl (C=O) groups excluding carboxylic acids is 1. The molecule has 1 amide bonds. The number of nitrogens with two attached hydrogens (primary N) is 1. The number of aryl methyl sites for hydroxylation is 1. The van der Waals surface area contributed by atoms with Crippen LogP contribution in [0.2, 0.25) is 0 Å². The Morgan fingerprint density at radius 3 is 2.79 bits per heavy atom. The van der Waals surface area contributed by atoms with E-state index in [0.29, 0.717) is 18.8 Å². The number of hydrogen-bond acceptors (Lipinski definition) is 5. The van der Waals surface area contributed by atoms with Crippen molar-refractivity contribution >= 4 is 16.8 Å². The molecular weight excluding hydrogens is 440 g/mol. The molecule has 0 aliphatic carbocycles. The van der Waals surface area contributed by atoms with Crippen molar-refractivity contribution < 1.29 is 13.6 Å². The number of nitrogens with zero attached hydrogens (tertiary/aromatic N) is 6. The van der Waals surface area contributed by atoms with Crippen molar-refractivity contribution in [2.24, 2.45) is 12.8 Å². The molecule has 0 unspecified atom stereocenters. The minimum atomic E-state index is -0.854. The maximum Gasteiger partial charge on any atom is 0.277 e. The first kappa shape index (κ1) is 21.7. The van der Waals surface area contributed by atoms with E-state index in [0.717, 1.165) is 29.8 Å². The number of amides is 1. The minimum absolute atomic E-state index is 0.0498. The molecule has 1 saturated heterocycles. The first-order valence-electron chi connectivity index (χ1n) is 10.8. The summed E-state index contributed by atoms with van der Waals surface area (Å²) < 4.78 is 33.2. The van der Waals surface area contributed by atoms with Gasteiger partial charge < -0.3 is 10.6 Å². The van der Waals surface area contributed by atoms with Gasteiger partial charge in [0, 0.05) is 37.1 Å². The highest BCUT2D eigenvalue weighted by atomic mass is 19.1. The van der Waals surface area contributed by atoms with Crippen molar-refractivity contribution in [3.8, 4) is 23.1 Å². The molecule has 0 radical (unpaired) electrons. The number of likely N-dealkylation sites (tertiary alicyclic amines) is 1. The molecule has 2 aromatic carbocycles. The molecule has 2 aromatic heterocycles. The lowest BCUT2D eigenvalue weighted by Gasteiger charge is -2.30. The summed E-state index contributed by atoms with van der Waals surface area (Å²) in [6, 6.07) is 10.7. The standard InChI is InChI=1S/C24H21F2N7O/c1-31-20-7-6-18(9-16(20)12-29-31)33-22(26)21(24(34)32-8-2-3-17(28)13-32)30-23(33)14-4-5-15(11-27)19(25)10-14/h4-7,9-10,12,17H,2-3,8,13,28H2,1H3/t17-/m1/s1. The fourth-order valence-electron chi connectivity index (χ4n) is 4.35. The van der Waals surface area contributed by atoms with Crippen LogP contribution in [-0.4, -0.2) is 49.3 Å². The summed E-state index contributed by atoms with van der Waals surface area (Å²) in [4.78, 5) is 19.0. The maximum absolute atomic E-state index is 15.9. The van der Waals surface area contributed by atoms with E-state index in [1.165, 1.54) is 21.6 Å². The van der Waals surface area contributed by atoms with E-state index in [2.05, 4.69) is 10.1 Å². The second-order valence-corrected chi connectivity index (χ2v) is 8.38. The summed E-state index contributed by atoms with van der Waals surface area (Å²) in [6.07, 6.45) is 3.16. The van der Waals surface area contributed by atoms with Gasteiger partial charge in [-0.2, -0.15) is 14.8 Å². The summed E-state index contributed by atoms with van der Waals surface area (Å²) in [5.41, 5.74) is 6.98. The zero-order valence-electron chi connectivity index (χ0n) is 18.4. The minimum Gasteiger partial charge on any atom is -0.336 e. The fourth-order valence-corrected chi connectivity index (χ4v) is 4.35. The summed E-state index contributed by atoms with van der Waals surface area (Å²) in [5.74, 6) is -2.13. The van der Waals surface area contributed by atoms with Crippen LogP contribution < -0.4 is 5.73 Å². The topological polar surface area (TPSA) is 106 Å².